The number of rotatable bonds is 4. The lowest BCUT2D eigenvalue weighted by atomic mass is 9.72. The number of phenols is 2. The molecule has 0 aromatic heterocycles. The molecule has 1 heterocycles. The largest absolute Gasteiger partial charge is 0.507 e. The fourth-order valence-electron chi connectivity index (χ4n) is 5.69. The van der Waals surface area contributed by atoms with E-state index < -0.39 is 78.3 Å². The Kier molecular flexibility index (Phi) is 6.53. The van der Waals surface area contributed by atoms with Crippen molar-refractivity contribution in [2.75, 3.05) is 7.11 Å². The van der Waals surface area contributed by atoms with Gasteiger partial charge >= 0.3 is 0 Å². The van der Waals surface area contributed by atoms with E-state index >= 15 is 0 Å². The van der Waals surface area contributed by atoms with Crippen LogP contribution in [0.25, 0.3) is 0 Å². The highest BCUT2D eigenvalue weighted by Gasteiger charge is 2.50. The molecule has 0 saturated carbocycles. The maximum atomic E-state index is 13.5. The number of phenolic OH excluding ortho intramolecular Hbond substituents is 2. The number of nitrogens with one attached hydrogen (secondary N) is 1. The van der Waals surface area contributed by atoms with Crippen LogP contribution in [0.3, 0.4) is 0 Å². The van der Waals surface area contributed by atoms with Gasteiger partial charge in [-0.1, -0.05) is 12.1 Å². The van der Waals surface area contributed by atoms with Gasteiger partial charge in [0, 0.05) is 29.5 Å². The number of carbonyl (C=O) groups is 2. The zero-order valence-corrected chi connectivity index (χ0v) is 21.5. The third-order valence-electron chi connectivity index (χ3n) is 7.97. The van der Waals surface area contributed by atoms with Crippen molar-refractivity contribution in [3.63, 3.8) is 0 Å². The van der Waals surface area contributed by atoms with Gasteiger partial charge in [-0.15, -0.1) is 0 Å². The molecule has 0 radical (unpaired) electrons. The van der Waals surface area contributed by atoms with Crippen LogP contribution in [-0.2, 0) is 20.7 Å². The third kappa shape index (κ3) is 3.94. The standard InChI is InChI=1S/C27H30N2O10/c1-9-21(31)20(29)25(35)26(38-9)39-14-8-27(36,10(2)30)7-12-16(14)24(34)17-18(23(12)33)22(32)11-5-4-6-13(37-3)15(11)19(17)28/h4-6,9,14,20-21,25-26,28,31,33-36H,7-8,29H2,1-3H3/t9-,14-,20+,21+,25-,26-,27-/m0/s1. The number of methoxy groups -OCH3 is 1. The Labute approximate surface area is 223 Å². The van der Waals surface area contributed by atoms with Gasteiger partial charge in [-0.05, 0) is 19.9 Å². The number of ketones is 2. The molecule has 7 atom stereocenters. The number of fused-ring (bicyclic) bond motifs is 3. The van der Waals surface area contributed by atoms with Crippen LogP contribution < -0.4 is 10.5 Å². The van der Waals surface area contributed by atoms with Gasteiger partial charge in [0.25, 0.3) is 0 Å². The smallest absolute Gasteiger partial charge is 0.198 e. The quantitative estimate of drug-likeness (QED) is 0.221. The molecule has 1 aliphatic heterocycles. The maximum Gasteiger partial charge on any atom is 0.198 e. The molecule has 3 aliphatic rings. The van der Waals surface area contributed by atoms with Gasteiger partial charge in [-0.3, -0.25) is 15.0 Å². The van der Waals surface area contributed by atoms with E-state index in [1.165, 1.54) is 20.1 Å². The summed E-state index contributed by atoms with van der Waals surface area (Å²) in [5.41, 5.74) is 2.98. The molecule has 1 fully saturated rings. The fourth-order valence-corrected chi connectivity index (χ4v) is 5.69. The number of hydrogen-bond donors (Lipinski definition) is 7. The molecule has 2 aliphatic carbocycles. The van der Waals surface area contributed by atoms with Crippen LogP contribution >= 0.6 is 0 Å². The molecule has 208 valence electrons. The zero-order valence-electron chi connectivity index (χ0n) is 21.5. The summed E-state index contributed by atoms with van der Waals surface area (Å²) in [7, 11) is 1.37. The average molecular weight is 543 g/mol. The van der Waals surface area contributed by atoms with Gasteiger partial charge in [0.15, 0.2) is 17.9 Å². The van der Waals surface area contributed by atoms with Crippen LogP contribution in [0.2, 0.25) is 0 Å². The van der Waals surface area contributed by atoms with Crippen molar-refractivity contribution in [1.29, 1.82) is 5.41 Å². The molecule has 12 nitrogen and oxygen atoms in total. The van der Waals surface area contributed by atoms with Crippen LogP contribution in [0, 0.1) is 5.41 Å². The van der Waals surface area contributed by atoms with Crippen molar-refractivity contribution in [2.45, 2.75) is 69.0 Å². The third-order valence-corrected chi connectivity index (χ3v) is 7.97. The molecule has 8 N–H and O–H groups in total. The second kappa shape index (κ2) is 9.37. The van der Waals surface area contributed by atoms with E-state index in [0.29, 0.717) is 0 Å². The van der Waals surface area contributed by atoms with Crippen molar-refractivity contribution >= 4 is 17.3 Å². The van der Waals surface area contributed by atoms with Crippen molar-refractivity contribution in [3.8, 4) is 17.2 Å². The summed E-state index contributed by atoms with van der Waals surface area (Å²) in [6.07, 6.45) is -7.20. The Bertz CT molecular complexity index is 1410. The van der Waals surface area contributed by atoms with E-state index in [-0.39, 0.29) is 44.8 Å². The molecule has 2 aromatic rings. The highest BCUT2D eigenvalue weighted by Crippen LogP contribution is 2.52. The summed E-state index contributed by atoms with van der Waals surface area (Å²) in [6, 6.07) is 3.43. The van der Waals surface area contributed by atoms with E-state index in [9.17, 15) is 35.1 Å². The Hall–Kier alpha value is -3.39. The van der Waals surface area contributed by atoms with E-state index in [4.69, 9.17) is 25.4 Å². The Morgan fingerprint density at radius 2 is 1.85 bits per heavy atom. The lowest BCUT2D eigenvalue weighted by Gasteiger charge is -2.44. The zero-order chi connectivity index (χ0) is 28.5. The molecule has 0 amide bonds. The summed E-state index contributed by atoms with van der Waals surface area (Å²) in [5, 5.41) is 63.8. The highest BCUT2D eigenvalue weighted by atomic mass is 16.7. The number of carbonyl (C=O) groups excluding carboxylic acids is 2. The molecule has 2 aromatic carbocycles. The minimum atomic E-state index is -2.06. The molecule has 0 spiro atoms. The molecule has 12 heteroatoms. The summed E-state index contributed by atoms with van der Waals surface area (Å²) in [6.45, 7) is 2.67. The number of ether oxygens (including phenoxy) is 3. The van der Waals surface area contributed by atoms with Crippen molar-refractivity contribution in [2.24, 2.45) is 5.73 Å². The SMILES string of the molecule is COc1cccc2c1C(=N)c1c(O)c3c(c(O)c1C2=O)C[C@@](O)(C(C)=O)C[C@@H]3O[C@@H]1O[C@@H](C)[C@@H](O)[C@@H](N)[C@@H]1O. The molecular formula is C27H30N2O10. The molecule has 39 heavy (non-hydrogen) atoms. The highest BCUT2D eigenvalue weighted by molar-refractivity contribution is 6.32. The number of aliphatic hydroxyl groups excluding tert-OH is 2. The van der Waals surface area contributed by atoms with E-state index in [1.807, 2.05) is 0 Å². The van der Waals surface area contributed by atoms with Gasteiger partial charge in [-0.2, -0.15) is 0 Å². The molecule has 0 unspecified atom stereocenters. The molecule has 0 bridgehead atoms. The van der Waals surface area contributed by atoms with Gasteiger partial charge in [-0.25, -0.2) is 0 Å². The van der Waals surface area contributed by atoms with Crippen LogP contribution in [-0.4, -0.2) is 86.2 Å². The van der Waals surface area contributed by atoms with Crippen LogP contribution in [0.5, 0.6) is 17.2 Å². The van der Waals surface area contributed by atoms with Crippen LogP contribution in [0.4, 0.5) is 0 Å². The number of nitrogens with two attached hydrogens (primary N) is 1. The average Bonchev–Trinajstić information content (AvgIpc) is 2.90. The minimum absolute atomic E-state index is 0.0729. The van der Waals surface area contributed by atoms with Crippen molar-refractivity contribution < 1.29 is 49.3 Å². The Balaban J connectivity index is 1.70. The topological polar surface area (TPSA) is 213 Å². The molecular weight excluding hydrogens is 512 g/mol. The predicted octanol–water partition coefficient (Wildman–Crippen LogP) is 0.185. The monoisotopic (exact) mass is 542 g/mol. The first kappa shape index (κ1) is 27.2. The number of Topliss-reactive ketones (excluding diaryl/α,β-unsaturated/α-hetero) is 1. The molecule has 5 rings (SSSR count). The number of aromatic hydroxyl groups is 2. The lowest BCUT2D eigenvalue weighted by molar-refractivity contribution is -0.286. The van der Waals surface area contributed by atoms with Gasteiger partial charge in [0.05, 0.1) is 53.9 Å². The van der Waals surface area contributed by atoms with Crippen LogP contribution in [0.15, 0.2) is 18.2 Å². The first-order chi connectivity index (χ1) is 18.3. The second-order valence-electron chi connectivity index (χ2n) is 10.3. The first-order valence-corrected chi connectivity index (χ1v) is 12.4. The maximum absolute atomic E-state index is 13.5. The van der Waals surface area contributed by atoms with Crippen molar-refractivity contribution in [1.82, 2.24) is 0 Å². The summed E-state index contributed by atoms with van der Waals surface area (Å²) in [4.78, 5) is 26.1. The van der Waals surface area contributed by atoms with Gasteiger partial charge < -0.3 is 45.5 Å². The second-order valence-corrected chi connectivity index (χ2v) is 10.3. The number of aliphatic hydroxyl groups is 3. The minimum Gasteiger partial charge on any atom is -0.507 e. The van der Waals surface area contributed by atoms with E-state index in [1.54, 1.807) is 12.1 Å². The lowest BCUT2D eigenvalue weighted by Crippen LogP contribution is -2.61. The molecule has 1 saturated heterocycles. The fraction of sp³-hybridized carbons (Fsp3) is 0.444. The van der Waals surface area contributed by atoms with Crippen molar-refractivity contribution in [3.05, 3.63) is 51.6 Å². The van der Waals surface area contributed by atoms with Gasteiger partial charge in [0.2, 0.25) is 0 Å². The summed E-state index contributed by atoms with van der Waals surface area (Å²) < 4.78 is 16.9. The predicted molar refractivity (Wildman–Crippen MR) is 134 cm³/mol. The van der Waals surface area contributed by atoms with E-state index in [0.717, 1.165) is 6.92 Å². The van der Waals surface area contributed by atoms with Crippen LogP contribution in [0.1, 0.15) is 64.5 Å². The summed E-state index contributed by atoms with van der Waals surface area (Å²) >= 11 is 0. The van der Waals surface area contributed by atoms with Gasteiger partial charge in [0.1, 0.15) is 29.0 Å². The normalized spacial score (nSPS) is 31.8. The summed E-state index contributed by atoms with van der Waals surface area (Å²) in [5.74, 6) is -2.30. The first-order valence-electron chi connectivity index (χ1n) is 12.4. The Morgan fingerprint density at radius 1 is 1.15 bits per heavy atom. The Morgan fingerprint density at radius 3 is 2.49 bits per heavy atom. The number of benzene rings is 2. The number of hydrogen-bond acceptors (Lipinski definition) is 12. The van der Waals surface area contributed by atoms with E-state index in [2.05, 4.69) is 0 Å².